The maximum atomic E-state index is 11.8. The van der Waals surface area contributed by atoms with Crippen molar-refractivity contribution < 1.29 is 14.6 Å². The van der Waals surface area contributed by atoms with E-state index in [1.165, 1.54) is 0 Å². The van der Waals surface area contributed by atoms with Gasteiger partial charge < -0.3 is 14.7 Å². The van der Waals surface area contributed by atoms with Crippen molar-refractivity contribution in [2.45, 2.75) is 44.7 Å². The van der Waals surface area contributed by atoms with Crippen LogP contribution >= 0.6 is 0 Å². The van der Waals surface area contributed by atoms with Crippen LogP contribution in [0.4, 0.5) is 4.79 Å². The predicted molar refractivity (Wildman–Crippen MR) is 59.8 cm³/mol. The maximum Gasteiger partial charge on any atom is 0.415 e. The SMILES string of the molecule is C=C(C)OC(=O)N1C2CCC1CC(CO)C2. The largest absolute Gasteiger partial charge is 0.416 e. The molecule has 2 aliphatic heterocycles. The van der Waals surface area contributed by atoms with Crippen LogP contribution in [0.25, 0.3) is 0 Å². The number of piperidine rings is 1. The highest BCUT2D eigenvalue weighted by Gasteiger charge is 2.43. The second-order valence-corrected chi connectivity index (χ2v) is 4.88. The second-order valence-electron chi connectivity index (χ2n) is 4.88. The fraction of sp³-hybridized carbons (Fsp3) is 0.750. The number of aliphatic hydroxyl groups is 1. The van der Waals surface area contributed by atoms with E-state index in [4.69, 9.17) is 4.74 Å². The molecule has 2 fully saturated rings. The Labute approximate surface area is 95.9 Å². The van der Waals surface area contributed by atoms with Crippen LogP contribution in [0.15, 0.2) is 12.3 Å². The van der Waals surface area contributed by atoms with Crippen molar-refractivity contribution in [3.05, 3.63) is 12.3 Å². The van der Waals surface area contributed by atoms with Gasteiger partial charge in [-0.1, -0.05) is 6.58 Å². The van der Waals surface area contributed by atoms with Crippen LogP contribution in [0, 0.1) is 5.92 Å². The van der Waals surface area contributed by atoms with Gasteiger partial charge in [-0.15, -0.1) is 0 Å². The van der Waals surface area contributed by atoms with E-state index >= 15 is 0 Å². The number of allylic oxidation sites excluding steroid dienone is 1. The van der Waals surface area contributed by atoms with Gasteiger partial charge in [0.1, 0.15) is 0 Å². The molecule has 2 bridgehead atoms. The number of carbonyl (C=O) groups excluding carboxylic acids is 1. The smallest absolute Gasteiger partial charge is 0.415 e. The summed E-state index contributed by atoms with van der Waals surface area (Å²) in [6.45, 7) is 5.50. The van der Waals surface area contributed by atoms with Crippen molar-refractivity contribution in [2.75, 3.05) is 6.61 Å². The maximum absolute atomic E-state index is 11.8. The molecule has 4 nitrogen and oxygen atoms in total. The van der Waals surface area contributed by atoms with Crippen LogP contribution in [-0.4, -0.2) is 34.8 Å². The molecule has 0 spiro atoms. The van der Waals surface area contributed by atoms with Crippen LogP contribution in [0.1, 0.15) is 32.6 Å². The standard InChI is InChI=1S/C12H19NO3/c1-8(2)16-12(15)13-10-3-4-11(13)6-9(5-10)7-14/h9-11,14H,1,3-7H2,2H3. The highest BCUT2D eigenvalue weighted by atomic mass is 16.6. The molecule has 0 saturated carbocycles. The zero-order chi connectivity index (χ0) is 11.7. The van der Waals surface area contributed by atoms with Gasteiger partial charge in [-0.05, 0) is 38.5 Å². The van der Waals surface area contributed by atoms with Gasteiger partial charge in [0, 0.05) is 18.7 Å². The average Bonchev–Trinajstić information content (AvgIpc) is 2.49. The molecule has 2 saturated heterocycles. The summed E-state index contributed by atoms with van der Waals surface area (Å²) in [7, 11) is 0. The Morgan fingerprint density at radius 1 is 1.44 bits per heavy atom. The van der Waals surface area contributed by atoms with Crippen molar-refractivity contribution in [2.24, 2.45) is 5.92 Å². The average molecular weight is 225 g/mol. The molecule has 90 valence electrons. The molecule has 0 aliphatic carbocycles. The number of aliphatic hydroxyl groups excluding tert-OH is 1. The molecule has 2 atom stereocenters. The number of amides is 1. The number of carbonyl (C=O) groups is 1. The zero-order valence-electron chi connectivity index (χ0n) is 9.69. The topological polar surface area (TPSA) is 49.8 Å². The van der Waals surface area contributed by atoms with Crippen LogP contribution in [0.2, 0.25) is 0 Å². The van der Waals surface area contributed by atoms with Gasteiger partial charge in [-0.25, -0.2) is 4.79 Å². The number of fused-ring (bicyclic) bond motifs is 2. The summed E-state index contributed by atoms with van der Waals surface area (Å²) in [6.07, 6.45) is 3.60. The van der Waals surface area contributed by atoms with Gasteiger partial charge in [0.15, 0.2) is 0 Å². The number of ether oxygens (including phenoxy) is 1. The van der Waals surface area contributed by atoms with E-state index in [1.54, 1.807) is 6.92 Å². The lowest BCUT2D eigenvalue weighted by molar-refractivity contribution is 0.0600. The number of rotatable bonds is 2. The van der Waals surface area contributed by atoms with E-state index in [0.717, 1.165) is 25.7 Å². The first-order valence-corrected chi connectivity index (χ1v) is 5.88. The monoisotopic (exact) mass is 225 g/mol. The van der Waals surface area contributed by atoms with E-state index in [1.807, 2.05) is 4.90 Å². The Morgan fingerprint density at radius 3 is 2.44 bits per heavy atom. The Morgan fingerprint density at radius 2 is 2.00 bits per heavy atom. The fourth-order valence-corrected chi connectivity index (χ4v) is 2.94. The summed E-state index contributed by atoms with van der Waals surface area (Å²) >= 11 is 0. The molecule has 1 amide bonds. The summed E-state index contributed by atoms with van der Waals surface area (Å²) in [6, 6.07) is 0.505. The molecule has 16 heavy (non-hydrogen) atoms. The summed E-state index contributed by atoms with van der Waals surface area (Å²) in [5.41, 5.74) is 0. The summed E-state index contributed by atoms with van der Waals surface area (Å²) in [5, 5.41) is 9.18. The molecule has 0 aromatic rings. The van der Waals surface area contributed by atoms with Crippen LogP contribution in [0.3, 0.4) is 0 Å². The minimum absolute atomic E-state index is 0.233. The molecule has 2 rings (SSSR count). The lowest BCUT2D eigenvalue weighted by Crippen LogP contribution is -2.47. The van der Waals surface area contributed by atoms with Gasteiger partial charge in [0.25, 0.3) is 0 Å². The highest BCUT2D eigenvalue weighted by Crippen LogP contribution is 2.38. The molecule has 0 radical (unpaired) electrons. The van der Waals surface area contributed by atoms with E-state index < -0.39 is 0 Å². The molecule has 2 aliphatic rings. The predicted octanol–water partition coefficient (Wildman–Crippen LogP) is 1.89. The summed E-state index contributed by atoms with van der Waals surface area (Å²) < 4.78 is 5.07. The first-order chi connectivity index (χ1) is 7.61. The first kappa shape index (κ1) is 11.5. The molecule has 1 N–H and O–H groups in total. The Bertz CT molecular complexity index is 289. The Hall–Kier alpha value is -1.03. The van der Waals surface area contributed by atoms with Crippen LogP contribution in [-0.2, 0) is 4.74 Å². The van der Waals surface area contributed by atoms with Crippen LogP contribution < -0.4 is 0 Å². The van der Waals surface area contributed by atoms with Crippen molar-refractivity contribution >= 4 is 6.09 Å². The number of hydrogen-bond donors (Lipinski definition) is 1. The molecular formula is C12H19NO3. The number of hydrogen-bond acceptors (Lipinski definition) is 3. The van der Waals surface area contributed by atoms with Crippen molar-refractivity contribution in [3.8, 4) is 0 Å². The van der Waals surface area contributed by atoms with E-state index in [0.29, 0.717) is 11.7 Å². The third-order valence-corrected chi connectivity index (χ3v) is 3.56. The minimum Gasteiger partial charge on any atom is -0.416 e. The quantitative estimate of drug-likeness (QED) is 0.730. The van der Waals surface area contributed by atoms with Gasteiger partial charge in [-0.3, -0.25) is 0 Å². The normalized spacial score (nSPS) is 32.6. The first-order valence-electron chi connectivity index (χ1n) is 5.88. The van der Waals surface area contributed by atoms with Crippen molar-refractivity contribution in [3.63, 3.8) is 0 Å². The van der Waals surface area contributed by atoms with Crippen molar-refractivity contribution in [1.82, 2.24) is 4.90 Å². The van der Waals surface area contributed by atoms with Gasteiger partial charge in [0.05, 0.1) is 5.76 Å². The molecule has 0 aromatic heterocycles. The van der Waals surface area contributed by atoms with Gasteiger partial charge >= 0.3 is 6.09 Å². The number of nitrogens with zero attached hydrogens (tertiary/aromatic N) is 1. The summed E-state index contributed by atoms with van der Waals surface area (Å²) in [5.74, 6) is 0.792. The molecule has 0 aromatic carbocycles. The van der Waals surface area contributed by atoms with E-state index in [2.05, 4.69) is 6.58 Å². The third kappa shape index (κ3) is 2.07. The second kappa shape index (κ2) is 4.45. The Kier molecular flexibility index (Phi) is 3.19. The molecular weight excluding hydrogens is 206 g/mol. The lowest BCUT2D eigenvalue weighted by Gasteiger charge is -2.37. The van der Waals surface area contributed by atoms with Crippen molar-refractivity contribution in [1.29, 1.82) is 0 Å². The van der Waals surface area contributed by atoms with E-state index in [9.17, 15) is 9.90 Å². The third-order valence-electron chi connectivity index (χ3n) is 3.56. The fourth-order valence-electron chi connectivity index (χ4n) is 2.94. The minimum atomic E-state index is -0.267. The summed E-state index contributed by atoms with van der Waals surface area (Å²) in [4.78, 5) is 13.7. The molecule has 2 heterocycles. The highest BCUT2D eigenvalue weighted by molar-refractivity contribution is 5.70. The van der Waals surface area contributed by atoms with Gasteiger partial charge in [0.2, 0.25) is 0 Å². The lowest BCUT2D eigenvalue weighted by atomic mass is 9.92. The zero-order valence-corrected chi connectivity index (χ0v) is 9.69. The Balaban J connectivity index is 2.02. The molecule has 2 unspecified atom stereocenters. The molecule has 4 heteroatoms. The van der Waals surface area contributed by atoms with Gasteiger partial charge in [-0.2, -0.15) is 0 Å². The van der Waals surface area contributed by atoms with Crippen LogP contribution in [0.5, 0.6) is 0 Å². The van der Waals surface area contributed by atoms with E-state index in [-0.39, 0.29) is 24.8 Å².